The van der Waals surface area contributed by atoms with Gasteiger partial charge in [-0.1, -0.05) is 81.4 Å². The maximum atomic E-state index is 6.61. The zero-order valence-corrected chi connectivity index (χ0v) is 18.0. The van der Waals surface area contributed by atoms with Crippen molar-refractivity contribution in [3.05, 3.63) is 90.5 Å². The number of fused-ring (bicyclic) bond motifs is 4. The third-order valence-electron chi connectivity index (χ3n) is 6.36. The Hall–Kier alpha value is -3.46. The maximum absolute atomic E-state index is 6.61. The van der Waals surface area contributed by atoms with E-state index in [2.05, 4.69) is 93.6 Å². The SMILES string of the molecule is CC(C)(C)c1ccccc1-c1ccc2c3c1Oc1ccccc1B3c1ccccc1O2. The minimum Gasteiger partial charge on any atom is -0.458 e. The van der Waals surface area contributed by atoms with Crippen LogP contribution in [-0.4, -0.2) is 6.71 Å². The fourth-order valence-electron chi connectivity index (χ4n) is 4.97. The standard InChI is InChI=1S/C28H23BO2/c1-28(2,3)20-11-5-4-10-18(20)19-16-17-25-26-27(19)31-24-15-9-7-13-22(24)29(26)21-12-6-8-14-23(21)30-25/h4-17H,1-3H3. The topological polar surface area (TPSA) is 18.5 Å². The second-order valence-corrected chi connectivity index (χ2v) is 9.36. The van der Waals surface area contributed by atoms with Gasteiger partial charge in [0.25, 0.3) is 6.71 Å². The molecule has 4 aromatic rings. The van der Waals surface area contributed by atoms with E-state index in [-0.39, 0.29) is 12.1 Å². The molecule has 0 saturated carbocycles. The number of hydrogen-bond acceptors (Lipinski definition) is 2. The molecule has 3 heteroatoms. The monoisotopic (exact) mass is 402 g/mol. The molecule has 0 unspecified atom stereocenters. The van der Waals surface area contributed by atoms with Gasteiger partial charge in [0.2, 0.25) is 0 Å². The molecule has 2 aliphatic heterocycles. The summed E-state index contributed by atoms with van der Waals surface area (Å²) in [4.78, 5) is 0. The highest BCUT2D eigenvalue weighted by Gasteiger charge is 2.41. The Bertz CT molecular complexity index is 1320. The normalized spacial score (nSPS) is 13.5. The summed E-state index contributed by atoms with van der Waals surface area (Å²) < 4.78 is 13.0. The number of hydrogen-bond donors (Lipinski definition) is 0. The van der Waals surface area contributed by atoms with Crippen LogP contribution in [0, 0.1) is 0 Å². The first-order valence-corrected chi connectivity index (χ1v) is 10.8. The van der Waals surface area contributed by atoms with Gasteiger partial charge >= 0.3 is 0 Å². The van der Waals surface area contributed by atoms with E-state index < -0.39 is 0 Å². The fourth-order valence-corrected chi connectivity index (χ4v) is 4.97. The molecule has 2 nitrogen and oxygen atoms in total. The van der Waals surface area contributed by atoms with Gasteiger partial charge in [-0.25, -0.2) is 0 Å². The van der Waals surface area contributed by atoms with Crippen molar-refractivity contribution in [2.45, 2.75) is 26.2 Å². The van der Waals surface area contributed by atoms with Crippen molar-refractivity contribution in [1.29, 1.82) is 0 Å². The molecule has 2 aliphatic rings. The summed E-state index contributed by atoms with van der Waals surface area (Å²) in [5.74, 6) is 3.63. The van der Waals surface area contributed by atoms with E-state index in [9.17, 15) is 0 Å². The first-order chi connectivity index (χ1) is 15.0. The molecule has 31 heavy (non-hydrogen) atoms. The smallest absolute Gasteiger partial charge is 0.260 e. The van der Waals surface area contributed by atoms with E-state index in [1.807, 2.05) is 12.1 Å². The first kappa shape index (κ1) is 18.3. The van der Waals surface area contributed by atoms with Crippen LogP contribution in [-0.2, 0) is 5.41 Å². The van der Waals surface area contributed by atoms with E-state index in [1.165, 1.54) is 22.1 Å². The van der Waals surface area contributed by atoms with E-state index in [0.29, 0.717) is 0 Å². The molecule has 0 atom stereocenters. The molecular formula is C28H23BO2. The summed E-state index contributed by atoms with van der Waals surface area (Å²) in [5.41, 5.74) is 7.16. The second-order valence-electron chi connectivity index (χ2n) is 9.36. The van der Waals surface area contributed by atoms with Crippen molar-refractivity contribution in [2.75, 3.05) is 0 Å². The molecule has 0 spiro atoms. The van der Waals surface area contributed by atoms with Crippen molar-refractivity contribution >= 4 is 23.1 Å². The first-order valence-electron chi connectivity index (χ1n) is 10.8. The van der Waals surface area contributed by atoms with Crippen LogP contribution in [0.4, 0.5) is 0 Å². The Balaban J connectivity index is 1.66. The predicted molar refractivity (Wildman–Crippen MR) is 128 cm³/mol. The zero-order valence-electron chi connectivity index (χ0n) is 18.0. The molecule has 0 N–H and O–H groups in total. The van der Waals surface area contributed by atoms with Gasteiger partial charge in [-0.05, 0) is 51.7 Å². The van der Waals surface area contributed by atoms with Crippen LogP contribution in [0.15, 0.2) is 84.9 Å². The molecule has 0 fully saturated rings. The van der Waals surface area contributed by atoms with Crippen LogP contribution in [0.2, 0.25) is 0 Å². The summed E-state index contributed by atoms with van der Waals surface area (Å²) in [6.45, 7) is 6.87. The predicted octanol–water partition coefficient (Wildman–Crippen LogP) is 5.38. The number of para-hydroxylation sites is 2. The Morgan fingerprint density at radius 3 is 1.90 bits per heavy atom. The molecule has 6 rings (SSSR count). The van der Waals surface area contributed by atoms with Crippen LogP contribution < -0.4 is 25.9 Å². The number of ether oxygens (including phenoxy) is 2. The lowest BCUT2D eigenvalue weighted by atomic mass is 9.34. The third-order valence-corrected chi connectivity index (χ3v) is 6.36. The molecule has 0 amide bonds. The lowest BCUT2D eigenvalue weighted by Crippen LogP contribution is -2.57. The molecule has 0 aromatic heterocycles. The molecule has 150 valence electrons. The molecule has 0 bridgehead atoms. The third kappa shape index (κ3) is 2.73. The summed E-state index contributed by atoms with van der Waals surface area (Å²) in [5, 5.41) is 0. The summed E-state index contributed by atoms with van der Waals surface area (Å²) in [6.07, 6.45) is 0. The highest BCUT2D eigenvalue weighted by molar-refractivity contribution is 6.98. The largest absolute Gasteiger partial charge is 0.458 e. The highest BCUT2D eigenvalue weighted by atomic mass is 16.5. The van der Waals surface area contributed by atoms with E-state index in [0.717, 1.165) is 34.0 Å². The van der Waals surface area contributed by atoms with Crippen LogP contribution in [0.3, 0.4) is 0 Å². The zero-order chi connectivity index (χ0) is 21.2. The van der Waals surface area contributed by atoms with Gasteiger partial charge in [0.15, 0.2) is 0 Å². The van der Waals surface area contributed by atoms with Gasteiger partial charge in [-0.2, -0.15) is 0 Å². The van der Waals surface area contributed by atoms with Crippen LogP contribution >= 0.6 is 0 Å². The van der Waals surface area contributed by atoms with Crippen molar-refractivity contribution in [1.82, 2.24) is 0 Å². The Morgan fingerprint density at radius 2 is 1.19 bits per heavy atom. The van der Waals surface area contributed by atoms with Crippen LogP contribution in [0.5, 0.6) is 23.0 Å². The minimum absolute atomic E-state index is 0.0221. The van der Waals surface area contributed by atoms with Gasteiger partial charge in [0, 0.05) is 11.0 Å². The van der Waals surface area contributed by atoms with Crippen molar-refractivity contribution < 1.29 is 9.47 Å². The van der Waals surface area contributed by atoms with E-state index >= 15 is 0 Å². The van der Waals surface area contributed by atoms with Gasteiger partial charge in [-0.15, -0.1) is 0 Å². The fraction of sp³-hybridized carbons (Fsp3) is 0.143. The summed E-state index contributed by atoms with van der Waals surface area (Å²) >= 11 is 0. The molecule has 0 aliphatic carbocycles. The maximum Gasteiger partial charge on any atom is 0.260 e. The Labute approximate surface area is 183 Å². The van der Waals surface area contributed by atoms with Crippen molar-refractivity contribution in [2.24, 2.45) is 0 Å². The number of rotatable bonds is 1. The van der Waals surface area contributed by atoms with E-state index in [1.54, 1.807) is 0 Å². The van der Waals surface area contributed by atoms with E-state index in [4.69, 9.17) is 9.47 Å². The average Bonchev–Trinajstić information content (AvgIpc) is 2.78. The summed E-state index contributed by atoms with van der Waals surface area (Å²) in [7, 11) is 0. The van der Waals surface area contributed by atoms with Crippen molar-refractivity contribution in [3.8, 4) is 34.1 Å². The molecule has 0 radical (unpaired) electrons. The molecule has 2 heterocycles. The quantitative estimate of drug-likeness (QED) is 0.344. The Kier molecular flexibility index (Phi) is 3.85. The van der Waals surface area contributed by atoms with Crippen LogP contribution in [0.1, 0.15) is 26.3 Å². The van der Waals surface area contributed by atoms with Gasteiger partial charge in [0.1, 0.15) is 23.0 Å². The van der Waals surface area contributed by atoms with Crippen molar-refractivity contribution in [3.63, 3.8) is 0 Å². The van der Waals surface area contributed by atoms with Crippen LogP contribution in [0.25, 0.3) is 11.1 Å². The highest BCUT2D eigenvalue weighted by Crippen LogP contribution is 2.43. The molecule has 4 aromatic carbocycles. The van der Waals surface area contributed by atoms with Gasteiger partial charge in [0.05, 0.1) is 0 Å². The van der Waals surface area contributed by atoms with Gasteiger partial charge < -0.3 is 9.47 Å². The Morgan fingerprint density at radius 1 is 0.581 bits per heavy atom. The average molecular weight is 402 g/mol. The lowest BCUT2D eigenvalue weighted by molar-refractivity contribution is 0.465. The number of benzene rings is 4. The summed E-state index contributed by atoms with van der Waals surface area (Å²) in [6, 6.07) is 29.6. The minimum atomic E-state index is 0.0221. The lowest BCUT2D eigenvalue weighted by Gasteiger charge is -2.34. The second kappa shape index (κ2) is 6.52. The molecular weight excluding hydrogens is 379 g/mol. The molecule has 0 saturated heterocycles. The van der Waals surface area contributed by atoms with Gasteiger partial charge in [-0.3, -0.25) is 0 Å².